The van der Waals surface area contributed by atoms with Crippen LogP contribution in [0.1, 0.15) is 24.4 Å². The number of aromatic nitrogens is 2. The zero-order valence-corrected chi connectivity index (χ0v) is 17.6. The number of hydrogen-bond donors (Lipinski definition) is 4. The summed E-state index contributed by atoms with van der Waals surface area (Å²) < 4.78 is 11.0. The number of nitrogens with one attached hydrogen (secondary N) is 2. The number of hydrogen-bond acceptors (Lipinski definition) is 9. The van der Waals surface area contributed by atoms with E-state index in [1.165, 1.54) is 11.3 Å². The molecule has 2 aromatic heterocycles. The third-order valence-electron chi connectivity index (χ3n) is 4.56. The van der Waals surface area contributed by atoms with Gasteiger partial charge in [0.05, 0.1) is 24.9 Å². The van der Waals surface area contributed by atoms with Crippen LogP contribution in [0.15, 0.2) is 22.6 Å². The number of fused-ring (bicyclic) bond motifs is 2. The van der Waals surface area contributed by atoms with Crippen molar-refractivity contribution in [3.8, 4) is 5.75 Å². The molecule has 1 aliphatic rings. The smallest absolute Gasteiger partial charge is 0.321 e. The highest BCUT2D eigenvalue weighted by atomic mass is 32.1. The SMILES string of the molecule is COc1ccc2oc(N3Cc4sc(NC(=O)NCC(C)(C)O)nc4C[C@H]3O)nc2c1. The van der Waals surface area contributed by atoms with Crippen LogP contribution in [-0.4, -0.2) is 51.7 Å². The maximum Gasteiger partial charge on any atom is 0.321 e. The van der Waals surface area contributed by atoms with Crippen molar-refractivity contribution < 1.29 is 24.2 Å². The maximum atomic E-state index is 12.0. The van der Waals surface area contributed by atoms with Crippen LogP contribution in [0.3, 0.4) is 0 Å². The molecule has 160 valence electrons. The van der Waals surface area contributed by atoms with Gasteiger partial charge >= 0.3 is 12.0 Å². The van der Waals surface area contributed by atoms with Crippen molar-refractivity contribution in [1.29, 1.82) is 0 Å². The molecule has 1 atom stereocenters. The quantitative estimate of drug-likeness (QED) is 0.481. The lowest BCUT2D eigenvalue weighted by Crippen LogP contribution is -2.40. The Kier molecular flexibility index (Phi) is 5.26. The Morgan fingerprint density at radius 1 is 1.43 bits per heavy atom. The molecule has 0 saturated carbocycles. The Labute approximate surface area is 176 Å². The van der Waals surface area contributed by atoms with E-state index in [2.05, 4.69) is 20.6 Å². The summed E-state index contributed by atoms with van der Waals surface area (Å²) in [5.41, 5.74) is 0.948. The van der Waals surface area contributed by atoms with Gasteiger partial charge in [0, 0.05) is 23.9 Å². The van der Waals surface area contributed by atoms with Crippen molar-refractivity contribution in [2.24, 2.45) is 0 Å². The minimum Gasteiger partial charge on any atom is -0.497 e. The molecule has 10 nitrogen and oxygen atoms in total. The molecule has 4 N–H and O–H groups in total. The average molecular weight is 433 g/mol. The number of nitrogens with zero attached hydrogens (tertiary/aromatic N) is 3. The van der Waals surface area contributed by atoms with E-state index in [4.69, 9.17) is 9.15 Å². The van der Waals surface area contributed by atoms with E-state index >= 15 is 0 Å². The van der Waals surface area contributed by atoms with E-state index in [0.29, 0.717) is 34.5 Å². The number of oxazole rings is 1. The molecule has 1 aliphatic heterocycles. The van der Waals surface area contributed by atoms with Crippen LogP contribution in [0.4, 0.5) is 15.9 Å². The first-order valence-electron chi connectivity index (χ1n) is 9.37. The van der Waals surface area contributed by atoms with Crippen LogP contribution in [0.2, 0.25) is 0 Å². The number of amides is 2. The summed E-state index contributed by atoms with van der Waals surface area (Å²) in [7, 11) is 1.58. The first-order chi connectivity index (χ1) is 14.2. The molecule has 0 saturated heterocycles. The van der Waals surface area contributed by atoms with Gasteiger partial charge in [-0.25, -0.2) is 9.78 Å². The summed E-state index contributed by atoms with van der Waals surface area (Å²) >= 11 is 1.32. The number of rotatable bonds is 5. The van der Waals surface area contributed by atoms with E-state index in [1.54, 1.807) is 44.1 Å². The highest BCUT2D eigenvalue weighted by molar-refractivity contribution is 7.15. The first-order valence-corrected chi connectivity index (χ1v) is 10.2. The molecule has 3 aromatic rings. The van der Waals surface area contributed by atoms with Crippen molar-refractivity contribution in [1.82, 2.24) is 15.3 Å². The molecule has 11 heteroatoms. The van der Waals surface area contributed by atoms with Gasteiger partial charge in [-0.2, -0.15) is 4.98 Å². The number of aliphatic hydroxyl groups is 2. The summed E-state index contributed by atoms with van der Waals surface area (Å²) in [6.45, 7) is 3.67. The second kappa shape index (κ2) is 7.74. The number of aliphatic hydroxyl groups excluding tert-OH is 1. The van der Waals surface area contributed by atoms with Crippen LogP contribution in [0, 0.1) is 0 Å². The predicted molar refractivity (Wildman–Crippen MR) is 112 cm³/mol. The lowest BCUT2D eigenvalue weighted by atomic mass is 10.1. The van der Waals surface area contributed by atoms with Crippen LogP contribution < -0.4 is 20.3 Å². The molecule has 0 fully saturated rings. The Morgan fingerprint density at radius 2 is 2.23 bits per heavy atom. The molecular weight excluding hydrogens is 410 g/mol. The second-order valence-electron chi connectivity index (χ2n) is 7.65. The summed E-state index contributed by atoms with van der Waals surface area (Å²) in [6.07, 6.45) is -0.577. The van der Waals surface area contributed by atoms with Gasteiger partial charge in [-0.3, -0.25) is 10.2 Å². The Hall–Kier alpha value is -2.89. The average Bonchev–Trinajstić information content (AvgIpc) is 3.27. The van der Waals surface area contributed by atoms with Gasteiger partial charge in [-0.1, -0.05) is 11.3 Å². The third kappa shape index (κ3) is 4.32. The van der Waals surface area contributed by atoms with Gasteiger partial charge in [0.2, 0.25) is 0 Å². The van der Waals surface area contributed by atoms with Gasteiger partial charge in [0.25, 0.3) is 0 Å². The summed E-state index contributed by atoms with van der Waals surface area (Å²) in [6, 6.07) is 5.18. The largest absolute Gasteiger partial charge is 0.497 e. The van der Waals surface area contributed by atoms with Crippen molar-refractivity contribution in [3.05, 3.63) is 28.8 Å². The van der Waals surface area contributed by atoms with E-state index in [0.717, 1.165) is 10.6 Å². The minimum atomic E-state index is -1.01. The zero-order valence-electron chi connectivity index (χ0n) is 16.8. The topological polar surface area (TPSA) is 133 Å². The highest BCUT2D eigenvalue weighted by Crippen LogP contribution is 2.34. The number of anilines is 2. The van der Waals surface area contributed by atoms with Gasteiger partial charge < -0.3 is 24.7 Å². The Balaban J connectivity index is 1.49. The molecular formula is C19H23N5O5S. The summed E-state index contributed by atoms with van der Waals surface area (Å²) in [5.74, 6) is 0.671. The molecule has 1 aromatic carbocycles. The van der Waals surface area contributed by atoms with Gasteiger partial charge in [-0.05, 0) is 26.0 Å². The summed E-state index contributed by atoms with van der Waals surface area (Å²) in [5, 5.41) is 26.0. The van der Waals surface area contributed by atoms with E-state index in [-0.39, 0.29) is 13.0 Å². The molecule has 0 radical (unpaired) electrons. The monoisotopic (exact) mass is 433 g/mol. The molecule has 4 rings (SSSR count). The minimum absolute atomic E-state index is 0.110. The lowest BCUT2D eigenvalue weighted by molar-refractivity contribution is 0.0826. The normalized spacial score (nSPS) is 16.4. The fraction of sp³-hybridized carbons (Fsp3) is 0.421. The number of benzene rings is 1. The van der Waals surface area contributed by atoms with Crippen molar-refractivity contribution >= 4 is 39.6 Å². The van der Waals surface area contributed by atoms with Crippen LogP contribution >= 0.6 is 11.3 Å². The standard InChI is InChI=1S/C19H23N5O5S/c1-19(2,27)9-20-16(26)23-17-21-12-7-15(25)24(8-14(12)30-17)18-22-11-6-10(28-3)4-5-13(11)29-18/h4-6,15,25,27H,7-9H2,1-3H3,(H2,20,21,23,26)/t15-/m1/s1. The second-order valence-corrected chi connectivity index (χ2v) is 8.74. The Morgan fingerprint density at radius 3 is 2.97 bits per heavy atom. The first kappa shape index (κ1) is 20.4. The Bertz CT molecular complexity index is 1070. The van der Waals surface area contributed by atoms with Crippen molar-refractivity contribution in [2.45, 2.75) is 38.6 Å². The van der Waals surface area contributed by atoms with Crippen LogP contribution in [0.25, 0.3) is 11.1 Å². The van der Waals surface area contributed by atoms with E-state index < -0.39 is 17.9 Å². The number of urea groups is 1. The number of ether oxygens (including phenoxy) is 1. The zero-order chi connectivity index (χ0) is 21.5. The predicted octanol–water partition coefficient (Wildman–Crippen LogP) is 2.07. The molecule has 30 heavy (non-hydrogen) atoms. The fourth-order valence-corrected chi connectivity index (χ4v) is 4.02. The van der Waals surface area contributed by atoms with E-state index in [9.17, 15) is 15.0 Å². The summed E-state index contributed by atoms with van der Waals surface area (Å²) in [4.78, 5) is 23.5. The molecule has 2 amide bonds. The molecule has 0 bridgehead atoms. The molecule has 0 spiro atoms. The fourth-order valence-electron chi connectivity index (χ4n) is 3.04. The highest BCUT2D eigenvalue weighted by Gasteiger charge is 2.31. The van der Waals surface area contributed by atoms with Crippen molar-refractivity contribution in [3.63, 3.8) is 0 Å². The number of methoxy groups -OCH3 is 1. The van der Waals surface area contributed by atoms with Crippen molar-refractivity contribution in [2.75, 3.05) is 23.9 Å². The third-order valence-corrected chi connectivity index (χ3v) is 5.56. The van der Waals surface area contributed by atoms with Gasteiger partial charge in [0.1, 0.15) is 17.5 Å². The van der Waals surface area contributed by atoms with Gasteiger partial charge in [0.15, 0.2) is 10.7 Å². The van der Waals surface area contributed by atoms with Gasteiger partial charge in [-0.15, -0.1) is 0 Å². The van der Waals surface area contributed by atoms with E-state index in [1.807, 2.05) is 0 Å². The number of carbonyl (C=O) groups is 1. The van der Waals surface area contributed by atoms with Crippen LogP contribution in [-0.2, 0) is 13.0 Å². The number of carbonyl (C=O) groups excluding carboxylic acids is 1. The maximum absolute atomic E-state index is 12.0. The molecule has 3 heterocycles. The lowest BCUT2D eigenvalue weighted by Gasteiger charge is -2.29. The number of thiazole rings is 1. The molecule has 0 aliphatic carbocycles. The van der Waals surface area contributed by atoms with Crippen LogP contribution in [0.5, 0.6) is 5.75 Å². The molecule has 0 unspecified atom stereocenters.